The van der Waals surface area contributed by atoms with Crippen LogP contribution in [0.15, 0.2) is 48.5 Å². The van der Waals surface area contributed by atoms with E-state index in [1.54, 1.807) is 24.3 Å². The van der Waals surface area contributed by atoms with Gasteiger partial charge in [-0.3, -0.25) is 24.0 Å². The summed E-state index contributed by atoms with van der Waals surface area (Å²) in [7, 11) is 0. The fraction of sp³-hybridized carbons (Fsp3) is 0.500. The highest BCUT2D eigenvalue weighted by Crippen LogP contribution is 2.64. The average Bonchev–Trinajstić information content (AvgIpc) is 3.80. The highest BCUT2D eigenvalue weighted by atomic mass is 19.4. The van der Waals surface area contributed by atoms with Crippen LogP contribution in [0, 0.1) is 23.2 Å². The number of carbonyl (C=O) groups is 5. The molecule has 0 radical (unpaired) electrons. The number of ketones is 1. The molecule has 13 heteroatoms. The minimum Gasteiger partial charge on any atom is -0.484 e. The third kappa shape index (κ3) is 6.84. The summed E-state index contributed by atoms with van der Waals surface area (Å²) >= 11 is 0. The van der Waals surface area contributed by atoms with Gasteiger partial charge in [0.1, 0.15) is 11.8 Å². The van der Waals surface area contributed by atoms with E-state index in [9.17, 15) is 37.1 Å². The molecule has 2 aliphatic carbocycles. The molecule has 2 saturated carbocycles. The first-order valence-corrected chi connectivity index (χ1v) is 15.9. The monoisotopic (exact) mass is 654 g/mol. The number of hydrogen-bond acceptors (Lipinski definition) is 6. The second kappa shape index (κ2) is 12.3. The molecule has 4 amide bonds. The molecule has 47 heavy (non-hydrogen) atoms. The number of Topliss-reactive ketones (excluding diaryl/α,β-unsaturated/α-hetero) is 1. The van der Waals surface area contributed by atoms with Crippen molar-refractivity contribution in [2.24, 2.45) is 23.2 Å². The van der Waals surface area contributed by atoms with Crippen molar-refractivity contribution in [3.8, 4) is 16.9 Å². The number of alkyl halides is 3. The van der Waals surface area contributed by atoms with Crippen LogP contribution in [0.2, 0.25) is 0 Å². The van der Waals surface area contributed by atoms with Gasteiger partial charge in [-0.25, -0.2) is 0 Å². The van der Waals surface area contributed by atoms with Gasteiger partial charge in [0, 0.05) is 25.0 Å². The van der Waals surface area contributed by atoms with Crippen LogP contribution >= 0.6 is 0 Å². The lowest BCUT2D eigenvalue weighted by molar-refractivity contribution is -0.144. The summed E-state index contributed by atoms with van der Waals surface area (Å²) in [6, 6.07) is 9.20. The van der Waals surface area contributed by atoms with Gasteiger partial charge in [-0.1, -0.05) is 38.1 Å². The molecule has 0 spiro atoms. The SMILES string of the molecule is CC1(C)[C@@H]2[C@@H](C(=O)N[C@@H](C[C@@H]3CCNC3=O)C(=O)C(=O)NC3CC3)N(C(=O)COc3ccc(-c4ccc(C(F)(F)F)cc4)cc3)C[C@@H]21. The third-order valence-corrected chi connectivity index (χ3v) is 10.0. The van der Waals surface area contributed by atoms with Gasteiger partial charge in [-0.2, -0.15) is 13.2 Å². The Morgan fingerprint density at radius 1 is 1.00 bits per heavy atom. The van der Waals surface area contributed by atoms with Gasteiger partial charge < -0.3 is 25.6 Å². The average molecular weight is 655 g/mol. The van der Waals surface area contributed by atoms with Gasteiger partial charge in [-0.05, 0) is 78.3 Å². The largest absolute Gasteiger partial charge is 0.484 e. The zero-order valence-electron chi connectivity index (χ0n) is 26.1. The first-order chi connectivity index (χ1) is 22.2. The van der Waals surface area contributed by atoms with E-state index in [4.69, 9.17) is 4.74 Å². The van der Waals surface area contributed by atoms with Crippen LogP contribution < -0.4 is 20.7 Å². The van der Waals surface area contributed by atoms with Crippen LogP contribution in [-0.4, -0.2) is 72.1 Å². The van der Waals surface area contributed by atoms with Crippen molar-refractivity contribution >= 4 is 29.4 Å². The van der Waals surface area contributed by atoms with Crippen molar-refractivity contribution in [2.75, 3.05) is 19.7 Å². The van der Waals surface area contributed by atoms with Gasteiger partial charge in [0.25, 0.3) is 11.8 Å². The van der Waals surface area contributed by atoms with E-state index in [0.717, 1.165) is 25.0 Å². The van der Waals surface area contributed by atoms with E-state index in [0.29, 0.717) is 36.4 Å². The number of benzene rings is 2. The van der Waals surface area contributed by atoms with Crippen molar-refractivity contribution in [2.45, 2.75) is 63.8 Å². The number of nitrogens with zero attached hydrogens (tertiary/aromatic N) is 1. The van der Waals surface area contributed by atoms with Crippen molar-refractivity contribution in [3.63, 3.8) is 0 Å². The number of hydrogen-bond donors (Lipinski definition) is 3. The summed E-state index contributed by atoms with van der Waals surface area (Å²) in [4.78, 5) is 66.9. The number of carbonyl (C=O) groups excluding carboxylic acids is 5. The molecule has 5 atom stereocenters. The molecule has 2 heterocycles. The highest BCUT2D eigenvalue weighted by molar-refractivity contribution is 6.38. The molecule has 4 fully saturated rings. The van der Waals surface area contributed by atoms with Gasteiger partial charge in [0.2, 0.25) is 17.6 Å². The number of halogens is 3. The van der Waals surface area contributed by atoms with Crippen LogP contribution in [0.4, 0.5) is 13.2 Å². The number of fused-ring (bicyclic) bond motifs is 1. The molecule has 6 rings (SSSR count). The third-order valence-electron chi connectivity index (χ3n) is 10.0. The Hall–Kier alpha value is -4.42. The molecule has 2 saturated heterocycles. The Labute approximate surface area is 269 Å². The molecule has 0 aromatic heterocycles. The van der Waals surface area contributed by atoms with Crippen LogP contribution in [0.25, 0.3) is 11.1 Å². The molecule has 2 aromatic carbocycles. The summed E-state index contributed by atoms with van der Waals surface area (Å²) in [6.45, 7) is 4.46. The number of likely N-dealkylation sites (tertiary alicyclic amines) is 1. The lowest BCUT2D eigenvalue weighted by Gasteiger charge is -2.31. The smallest absolute Gasteiger partial charge is 0.416 e. The summed E-state index contributed by atoms with van der Waals surface area (Å²) < 4.78 is 44.4. The maximum absolute atomic E-state index is 13.8. The molecule has 250 valence electrons. The second-order valence-electron chi connectivity index (χ2n) is 13.5. The highest BCUT2D eigenvalue weighted by Gasteiger charge is 2.69. The molecule has 2 aromatic rings. The lowest BCUT2D eigenvalue weighted by atomic mass is 9.94. The predicted molar refractivity (Wildman–Crippen MR) is 162 cm³/mol. The maximum atomic E-state index is 13.8. The Morgan fingerprint density at radius 2 is 1.64 bits per heavy atom. The summed E-state index contributed by atoms with van der Waals surface area (Å²) in [5.41, 5.74) is 0.309. The van der Waals surface area contributed by atoms with Gasteiger partial charge >= 0.3 is 6.18 Å². The normalized spacial score (nSPS) is 25.0. The zero-order valence-corrected chi connectivity index (χ0v) is 26.1. The van der Waals surface area contributed by atoms with Crippen LogP contribution in [0.5, 0.6) is 5.75 Å². The predicted octanol–water partition coefficient (Wildman–Crippen LogP) is 3.09. The van der Waals surface area contributed by atoms with Crippen molar-refractivity contribution in [1.29, 1.82) is 0 Å². The van der Waals surface area contributed by atoms with E-state index in [1.165, 1.54) is 17.0 Å². The molecule has 10 nitrogen and oxygen atoms in total. The zero-order chi connectivity index (χ0) is 33.7. The van der Waals surface area contributed by atoms with E-state index in [1.807, 2.05) is 13.8 Å². The lowest BCUT2D eigenvalue weighted by Crippen LogP contribution is -2.56. The van der Waals surface area contributed by atoms with Crippen LogP contribution in [0.3, 0.4) is 0 Å². The Balaban J connectivity index is 1.11. The number of ether oxygens (including phenoxy) is 1. The molecule has 0 bridgehead atoms. The molecular formula is C34H37F3N4O6. The van der Waals surface area contributed by atoms with Gasteiger partial charge in [0.05, 0.1) is 11.6 Å². The number of piperidine rings is 1. The maximum Gasteiger partial charge on any atom is 0.416 e. The van der Waals surface area contributed by atoms with E-state index < -0.39 is 53.2 Å². The number of rotatable bonds is 11. The van der Waals surface area contributed by atoms with Crippen LogP contribution in [-0.2, 0) is 30.1 Å². The van der Waals surface area contributed by atoms with Crippen molar-refractivity contribution in [1.82, 2.24) is 20.9 Å². The van der Waals surface area contributed by atoms with Crippen LogP contribution in [0.1, 0.15) is 45.1 Å². The number of amides is 4. The van der Waals surface area contributed by atoms with E-state index in [2.05, 4.69) is 16.0 Å². The first kappa shape index (κ1) is 32.5. The molecule has 3 N–H and O–H groups in total. The first-order valence-electron chi connectivity index (χ1n) is 15.9. The summed E-state index contributed by atoms with van der Waals surface area (Å²) in [6.07, 6.45) is -2.39. The standard InChI is InChI=1S/C34H37F3N4O6/c1-33(2)24-16-41(26(42)17-47-23-11-5-19(6-12-23)18-3-7-21(8-4-18)34(35,36)37)28(27(24)33)31(45)40-25(15-20-13-14-38-30(20)44)29(43)32(46)39-22-9-10-22/h3-8,11-12,20,22,24-25,27-28H,9-10,13-17H2,1-2H3,(H,38,44)(H,39,46)(H,40,45)/t20-,24-,25-,27-,28-/m0/s1. The summed E-state index contributed by atoms with van der Waals surface area (Å²) in [5, 5.41) is 8.12. The van der Waals surface area contributed by atoms with Crippen molar-refractivity contribution < 1.29 is 41.9 Å². The quantitative estimate of drug-likeness (QED) is 0.319. The second-order valence-corrected chi connectivity index (χ2v) is 13.5. The molecule has 4 aliphatic rings. The van der Waals surface area contributed by atoms with E-state index in [-0.39, 0.29) is 42.2 Å². The fourth-order valence-electron chi connectivity index (χ4n) is 6.95. The van der Waals surface area contributed by atoms with E-state index >= 15 is 0 Å². The fourth-order valence-corrected chi connectivity index (χ4v) is 6.95. The van der Waals surface area contributed by atoms with Crippen molar-refractivity contribution in [3.05, 3.63) is 54.1 Å². The van der Waals surface area contributed by atoms with Gasteiger partial charge in [-0.15, -0.1) is 0 Å². The number of nitrogens with one attached hydrogen (secondary N) is 3. The minimum atomic E-state index is -4.42. The molecule has 2 aliphatic heterocycles. The summed E-state index contributed by atoms with van der Waals surface area (Å²) in [5.74, 6) is -3.06. The minimum absolute atomic E-state index is 0.0156. The van der Waals surface area contributed by atoms with Gasteiger partial charge in [0.15, 0.2) is 6.61 Å². The molecular weight excluding hydrogens is 617 g/mol. The Bertz CT molecular complexity index is 1570. The topological polar surface area (TPSA) is 134 Å². The Kier molecular flexibility index (Phi) is 8.52. The Morgan fingerprint density at radius 3 is 2.21 bits per heavy atom. The molecule has 0 unspecified atom stereocenters.